The number of aromatic nitrogens is 4. The van der Waals surface area contributed by atoms with E-state index < -0.39 is 0 Å². The van der Waals surface area contributed by atoms with Crippen molar-refractivity contribution in [3.63, 3.8) is 0 Å². The number of rotatable bonds is 4. The van der Waals surface area contributed by atoms with Crippen LogP contribution in [0.25, 0.3) is 106 Å². The van der Waals surface area contributed by atoms with Crippen molar-refractivity contribution in [1.82, 2.24) is 19.5 Å². The summed E-state index contributed by atoms with van der Waals surface area (Å²) in [5.41, 5.74) is 9.14. The minimum atomic E-state index is 0.562. The second-order valence-corrected chi connectivity index (χ2v) is 12.8. The molecule has 238 valence electrons. The van der Waals surface area contributed by atoms with Crippen LogP contribution in [0.15, 0.2) is 167 Å². The molecule has 4 heterocycles. The van der Waals surface area contributed by atoms with Gasteiger partial charge in [0.15, 0.2) is 17.5 Å². The number of hydrogen-bond acceptors (Lipinski definition) is 5. The monoisotopic (exact) mass is 654 g/mol. The summed E-state index contributed by atoms with van der Waals surface area (Å²) >= 11 is 0. The second-order valence-electron chi connectivity index (χ2n) is 12.8. The van der Waals surface area contributed by atoms with E-state index in [4.69, 9.17) is 23.8 Å². The van der Waals surface area contributed by atoms with Crippen molar-refractivity contribution in [3.8, 4) is 39.9 Å². The fourth-order valence-electron chi connectivity index (χ4n) is 7.52. The largest absolute Gasteiger partial charge is 0.456 e. The lowest BCUT2D eigenvalue weighted by atomic mass is 10.1. The third-order valence-electron chi connectivity index (χ3n) is 9.87. The SMILES string of the molecule is c1ccc(-n2c3ccccc3c3ccccc32)c(-c2nc(-c3ccc4c(c3)oc3ccccc34)nc(-c3ccc4oc5ccccc5c4c3)n2)c1. The van der Waals surface area contributed by atoms with E-state index in [1.165, 1.54) is 10.8 Å². The van der Waals surface area contributed by atoms with E-state index in [9.17, 15) is 0 Å². The number of para-hydroxylation sites is 5. The molecule has 0 N–H and O–H groups in total. The smallest absolute Gasteiger partial charge is 0.166 e. The molecule has 0 bridgehead atoms. The van der Waals surface area contributed by atoms with Crippen LogP contribution >= 0.6 is 0 Å². The molecule has 0 saturated carbocycles. The topological polar surface area (TPSA) is 69.9 Å². The third-order valence-corrected chi connectivity index (χ3v) is 9.87. The molecule has 0 fully saturated rings. The Bertz CT molecular complexity index is 3110. The molecule has 0 atom stereocenters. The van der Waals surface area contributed by atoms with Gasteiger partial charge in [-0.25, -0.2) is 15.0 Å². The molecule has 0 spiro atoms. The van der Waals surface area contributed by atoms with Crippen molar-refractivity contribution >= 4 is 65.7 Å². The van der Waals surface area contributed by atoms with Gasteiger partial charge in [0.05, 0.1) is 16.7 Å². The summed E-state index contributed by atoms with van der Waals surface area (Å²) in [5.74, 6) is 1.71. The Labute approximate surface area is 290 Å². The summed E-state index contributed by atoms with van der Waals surface area (Å²) in [6.07, 6.45) is 0. The summed E-state index contributed by atoms with van der Waals surface area (Å²) in [4.78, 5) is 15.5. The summed E-state index contributed by atoms with van der Waals surface area (Å²) in [6, 6.07) is 53.9. The van der Waals surface area contributed by atoms with Crippen molar-refractivity contribution in [2.45, 2.75) is 0 Å². The number of nitrogens with zero attached hydrogens (tertiary/aromatic N) is 4. The van der Waals surface area contributed by atoms with Crippen molar-refractivity contribution in [2.24, 2.45) is 0 Å². The Balaban J connectivity index is 1.17. The van der Waals surface area contributed by atoms with Gasteiger partial charge in [0.2, 0.25) is 0 Å². The minimum absolute atomic E-state index is 0.562. The van der Waals surface area contributed by atoms with Crippen LogP contribution in [0.1, 0.15) is 0 Å². The van der Waals surface area contributed by atoms with E-state index in [-0.39, 0.29) is 0 Å². The first-order valence-corrected chi connectivity index (χ1v) is 16.9. The first-order chi connectivity index (χ1) is 25.3. The molecule has 6 nitrogen and oxygen atoms in total. The van der Waals surface area contributed by atoms with E-state index in [0.29, 0.717) is 17.5 Å². The molecule has 0 aliphatic carbocycles. The van der Waals surface area contributed by atoms with Gasteiger partial charge in [-0.15, -0.1) is 0 Å². The molecule has 11 aromatic rings. The zero-order chi connectivity index (χ0) is 33.5. The van der Waals surface area contributed by atoms with Gasteiger partial charge in [0.25, 0.3) is 0 Å². The summed E-state index contributed by atoms with van der Waals surface area (Å²) in [7, 11) is 0. The van der Waals surface area contributed by atoms with E-state index in [0.717, 1.165) is 77.3 Å². The highest BCUT2D eigenvalue weighted by atomic mass is 16.3. The van der Waals surface area contributed by atoms with Crippen LogP contribution in [0.4, 0.5) is 0 Å². The van der Waals surface area contributed by atoms with Gasteiger partial charge in [-0.05, 0) is 66.7 Å². The van der Waals surface area contributed by atoms with Crippen molar-refractivity contribution in [3.05, 3.63) is 158 Å². The maximum absolute atomic E-state index is 6.29. The number of hydrogen-bond donors (Lipinski definition) is 0. The minimum Gasteiger partial charge on any atom is -0.456 e. The molecule has 4 aromatic heterocycles. The Kier molecular flexibility index (Phi) is 5.86. The predicted molar refractivity (Wildman–Crippen MR) is 205 cm³/mol. The molecule has 7 aromatic carbocycles. The van der Waals surface area contributed by atoms with E-state index >= 15 is 0 Å². The van der Waals surface area contributed by atoms with Crippen molar-refractivity contribution in [2.75, 3.05) is 0 Å². The fraction of sp³-hybridized carbons (Fsp3) is 0. The van der Waals surface area contributed by atoms with Crippen LogP contribution < -0.4 is 0 Å². The van der Waals surface area contributed by atoms with Gasteiger partial charge >= 0.3 is 0 Å². The van der Waals surface area contributed by atoms with Crippen LogP contribution in [-0.4, -0.2) is 19.5 Å². The summed E-state index contributed by atoms with van der Waals surface area (Å²) < 4.78 is 14.8. The molecule has 0 aliphatic heterocycles. The van der Waals surface area contributed by atoms with E-state index in [1.807, 2.05) is 60.7 Å². The Morgan fingerprint density at radius 3 is 1.57 bits per heavy atom. The number of fused-ring (bicyclic) bond motifs is 9. The van der Waals surface area contributed by atoms with Gasteiger partial charge in [0.1, 0.15) is 22.3 Å². The van der Waals surface area contributed by atoms with Gasteiger partial charge in [-0.2, -0.15) is 0 Å². The van der Waals surface area contributed by atoms with Gasteiger partial charge in [0, 0.05) is 49.0 Å². The lowest BCUT2D eigenvalue weighted by Gasteiger charge is -2.14. The van der Waals surface area contributed by atoms with Crippen LogP contribution in [0.3, 0.4) is 0 Å². The van der Waals surface area contributed by atoms with Crippen LogP contribution in [0, 0.1) is 0 Å². The first-order valence-electron chi connectivity index (χ1n) is 16.9. The predicted octanol–water partition coefficient (Wildman–Crippen LogP) is 11.8. The van der Waals surface area contributed by atoms with Gasteiger partial charge in [-0.1, -0.05) is 91.0 Å². The second kappa shape index (κ2) is 10.7. The van der Waals surface area contributed by atoms with Crippen LogP contribution in [0.5, 0.6) is 0 Å². The molecule has 11 rings (SSSR count). The molecule has 0 amide bonds. The fourth-order valence-corrected chi connectivity index (χ4v) is 7.52. The zero-order valence-corrected chi connectivity index (χ0v) is 27.1. The quantitative estimate of drug-likeness (QED) is 0.189. The first kappa shape index (κ1) is 27.9. The maximum atomic E-state index is 6.29. The van der Waals surface area contributed by atoms with Crippen molar-refractivity contribution < 1.29 is 8.83 Å². The zero-order valence-electron chi connectivity index (χ0n) is 27.1. The van der Waals surface area contributed by atoms with Gasteiger partial charge in [-0.3, -0.25) is 0 Å². The lowest BCUT2D eigenvalue weighted by Crippen LogP contribution is -2.03. The highest BCUT2D eigenvalue weighted by Crippen LogP contribution is 2.38. The molecular weight excluding hydrogens is 629 g/mol. The Hall–Kier alpha value is -7.05. The molecular formula is C45H26N4O2. The van der Waals surface area contributed by atoms with Crippen molar-refractivity contribution in [1.29, 1.82) is 0 Å². The molecule has 6 heteroatoms. The molecule has 51 heavy (non-hydrogen) atoms. The standard InChI is InChI=1S/C45H26N4O2/c1-6-16-36-29(11-1)30-12-2-7-17-37(30)49(36)38-18-8-3-15-34(38)45-47-43(27-22-24-41-35(25-27)32-14-5-10-20-40(32)50-41)46-44(48-45)28-21-23-33-31-13-4-9-19-39(31)51-42(33)26-28/h1-26H. The number of furan rings is 2. The van der Waals surface area contributed by atoms with Gasteiger partial charge < -0.3 is 13.4 Å². The molecule has 0 saturated heterocycles. The summed E-state index contributed by atoms with van der Waals surface area (Å²) in [5, 5.41) is 6.59. The van der Waals surface area contributed by atoms with Crippen LogP contribution in [0.2, 0.25) is 0 Å². The highest BCUT2D eigenvalue weighted by Gasteiger charge is 2.20. The Morgan fingerprint density at radius 1 is 0.353 bits per heavy atom. The Morgan fingerprint density at radius 2 is 0.843 bits per heavy atom. The summed E-state index contributed by atoms with van der Waals surface area (Å²) in [6.45, 7) is 0. The number of benzene rings is 7. The molecule has 0 radical (unpaired) electrons. The normalized spacial score (nSPS) is 11.9. The molecule has 0 unspecified atom stereocenters. The highest BCUT2D eigenvalue weighted by molar-refractivity contribution is 6.10. The van der Waals surface area contributed by atoms with Crippen LogP contribution in [-0.2, 0) is 0 Å². The van der Waals surface area contributed by atoms with E-state index in [2.05, 4.69) is 102 Å². The average molecular weight is 655 g/mol. The lowest BCUT2D eigenvalue weighted by molar-refractivity contribution is 0.668. The third kappa shape index (κ3) is 4.26. The average Bonchev–Trinajstić information content (AvgIpc) is 3.86. The maximum Gasteiger partial charge on any atom is 0.166 e. The molecule has 0 aliphatic rings. The van der Waals surface area contributed by atoms with E-state index in [1.54, 1.807) is 0 Å².